The van der Waals surface area contributed by atoms with Gasteiger partial charge in [-0.3, -0.25) is 4.79 Å². The van der Waals surface area contributed by atoms with Crippen LogP contribution in [-0.4, -0.2) is 23.2 Å². The molecule has 4 aliphatic rings. The molecule has 0 saturated heterocycles. The fourth-order valence-electron chi connectivity index (χ4n) is 9.06. The minimum Gasteiger partial charge on any atom is -0.393 e. The molecule has 182 valence electrons. The second kappa shape index (κ2) is 9.08. The first-order valence-corrected chi connectivity index (χ1v) is 13.7. The zero-order chi connectivity index (χ0) is 23.3. The van der Waals surface area contributed by atoms with Crippen molar-refractivity contribution in [2.45, 2.75) is 118 Å². The molecule has 3 fully saturated rings. The molecule has 0 radical (unpaired) electrons. The van der Waals surface area contributed by atoms with Crippen LogP contribution in [0.3, 0.4) is 0 Å². The van der Waals surface area contributed by atoms with Crippen molar-refractivity contribution in [3.63, 3.8) is 0 Å². The van der Waals surface area contributed by atoms with Crippen LogP contribution in [0.4, 0.5) is 0 Å². The van der Waals surface area contributed by atoms with Crippen molar-refractivity contribution in [3.8, 4) is 0 Å². The van der Waals surface area contributed by atoms with Crippen molar-refractivity contribution in [1.82, 2.24) is 5.32 Å². The van der Waals surface area contributed by atoms with Gasteiger partial charge in [0.2, 0.25) is 5.91 Å². The molecule has 3 heteroatoms. The summed E-state index contributed by atoms with van der Waals surface area (Å²) in [5.41, 5.74) is 2.04. The highest BCUT2D eigenvalue weighted by Gasteiger charge is 2.61. The molecule has 3 saturated carbocycles. The summed E-state index contributed by atoms with van der Waals surface area (Å²) in [6, 6.07) is 0.144. The van der Waals surface area contributed by atoms with Crippen LogP contribution >= 0.6 is 0 Å². The normalized spacial score (nSPS) is 44.3. The Hall–Kier alpha value is -0.830. The number of aliphatic hydroxyl groups excluding tert-OH is 1. The van der Waals surface area contributed by atoms with Gasteiger partial charge in [0.05, 0.1) is 12.1 Å². The van der Waals surface area contributed by atoms with Crippen LogP contribution in [-0.2, 0) is 4.79 Å². The minimum absolute atomic E-state index is 0.0921. The highest BCUT2D eigenvalue weighted by Crippen LogP contribution is 2.67. The highest BCUT2D eigenvalue weighted by atomic mass is 16.3. The van der Waals surface area contributed by atoms with Crippen molar-refractivity contribution in [2.75, 3.05) is 0 Å². The summed E-state index contributed by atoms with van der Waals surface area (Å²) in [7, 11) is 0. The number of fused-ring (bicyclic) bond motifs is 5. The van der Waals surface area contributed by atoms with Crippen molar-refractivity contribution >= 4 is 5.91 Å². The lowest BCUT2D eigenvalue weighted by Crippen LogP contribution is -2.58. The van der Waals surface area contributed by atoms with E-state index in [4.69, 9.17) is 0 Å². The largest absolute Gasteiger partial charge is 0.393 e. The Morgan fingerprint density at radius 1 is 1.09 bits per heavy atom. The Morgan fingerprint density at radius 2 is 1.84 bits per heavy atom. The standard InChI is InChI=1S/C29H49NO2/c1-18(2)8-7-9-19(3)23-10-11-24-27-25(13-15-29(23,24)6)28(5)14-12-22(32)16-21(28)17-26(27)30-20(4)31/h17-19,22-27,32H,7-16H2,1-6H3,(H,30,31)/t19-,22+,23-,24+,25+,26+,27+,28+,29-/m1/s1. The zero-order valence-electron chi connectivity index (χ0n) is 21.6. The molecule has 0 unspecified atom stereocenters. The van der Waals surface area contributed by atoms with Gasteiger partial charge in [-0.25, -0.2) is 0 Å². The third kappa shape index (κ3) is 4.21. The SMILES string of the molecule is CC(=O)N[C@H]1C=C2C[C@@H](O)CC[C@]2(C)[C@H]2CC[C@]3(C)[C@@H]([C@H](C)CCCC(C)C)CC[C@H]3[C@H]12. The maximum absolute atomic E-state index is 12.2. The number of carbonyl (C=O) groups excluding carboxylic acids is 1. The van der Waals surface area contributed by atoms with Gasteiger partial charge in [0, 0.05) is 6.92 Å². The molecule has 0 bridgehead atoms. The maximum Gasteiger partial charge on any atom is 0.217 e. The summed E-state index contributed by atoms with van der Waals surface area (Å²) < 4.78 is 0. The molecule has 0 aromatic heterocycles. The molecular weight excluding hydrogens is 394 g/mol. The van der Waals surface area contributed by atoms with Crippen LogP contribution < -0.4 is 5.32 Å². The summed E-state index contributed by atoms with van der Waals surface area (Å²) in [4.78, 5) is 12.2. The van der Waals surface area contributed by atoms with Crippen LogP contribution in [0.2, 0.25) is 0 Å². The Balaban J connectivity index is 1.60. The molecule has 0 aromatic rings. The average molecular weight is 444 g/mol. The van der Waals surface area contributed by atoms with Crippen molar-refractivity contribution in [3.05, 3.63) is 11.6 Å². The molecule has 3 nitrogen and oxygen atoms in total. The molecule has 0 aliphatic heterocycles. The van der Waals surface area contributed by atoms with E-state index in [1.54, 1.807) is 6.92 Å². The van der Waals surface area contributed by atoms with Crippen molar-refractivity contribution in [1.29, 1.82) is 0 Å². The number of hydrogen-bond acceptors (Lipinski definition) is 2. The second-order valence-electron chi connectivity index (χ2n) is 13.1. The van der Waals surface area contributed by atoms with Gasteiger partial charge in [-0.1, -0.05) is 65.5 Å². The second-order valence-corrected chi connectivity index (χ2v) is 13.1. The van der Waals surface area contributed by atoms with E-state index >= 15 is 0 Å². The topological polar surface area (TPSA) is 49.3 Å². The monoisotopic (exact) mass is 443 g/mol. The quantitative estimate of drug-likeness (QED) is 0.460. The smallest absolute Gasteiger partial charge is 0.217 e. The van der Waals surface area contributed by atoms with Gasteiger partial charge in [0.1, 0.15) is 0 Å². The molecular formula is C29H49NO2. The fraction of sp³-hybridized carbons (Fsp3) is 0.897. The molecule has 4 rings (SSSR count). The number of nitrogens with one attached hydrogen (secondary N) is 1. The van der Waals surface area contributed by atoms with Crippen molar-refractivity contribution in [2.24, 2.45) is 46.3 Å². The van der Waals surface area contributed by atoms with E-state index in [0.29, 0.717) is 23.2 Å². The molecule has 0 spiro atoms. The molecule has 0 aromatic carbocycles. The van der Waals surface area contributed by atoms with Crippen LogP contribution in [0.15, 0.2) is 11.6 Å². The summed E-state index contributed by atoms with van der Waals surface area (Å²) in [5.74, 6) is 4.42. The van der Waals surface area contributed by atoms with Gasteiger partial charge in [-0.15, -0.1) is 0 Å². The summed E-state index contributed by atoms with van der Waals surface area (Å²) in [5, 5.41) is 13.8. The van der Waals surface area contributed by atoms with Gasteiger partial charge in [-0.05, 0) is 91.3 Å². The predicted octanol–water partition coefficient (Wildman–Crippen LogP) is 6.50. The number of rotatable bonds is 6. The molecule has 2 N–H and O–H groups in total. The highest BCUT2D eigenvalue weighted by molar-refractivity contribution is 5.73. The summed E-state index contributed by atoms with van der Waals surface area (Å²) in [6.45, 7) is 14.0. The first-order valence-electron chi connectivity index (χ1n) is 13.7. The lowest BCUT2D eigenvalue weighted by Gasteiger charge is -2.60. The molecule has 0 heterocycles. The van der Waals surface area contributed by atoms with E-state index in [-0.39, 0.29) is 23.5 Å². The van der Waals surface area contributed by atoms with E-state index in [1.807, 2.05) is 0 Å². The Labute approximate surface area is 197 Å². The number of hydrogen-bond donors (Lipinski definition) is 2. The number of carbonyl (C=O) groups is 1. The first-order chi connectivity index (χ1) is 15.1. The van der Waals surface area contributed by atoms with Gasteiger partial charge in [0.15, 0.2) is 0 Å². The van der Waals surface area contributed by atoms with Crippen LogP contribution in [0.25, 0.3) is 0 Å². The predicted molar refractivity (Wildman–Crippen MR) is 132 cm³/mol. The van der Waals surface area contributed by atoms with Crippen LogP contribution in [0.5, 0.6) is 0 Å². The average Bonchev–Trinajstić information content (AvgIpc) is 3.05. The summed E-state index contributed by atoms with van der Waals surface area (Å²) in [6.07, 6.45) is 14.4. The zero-order valence-corrected chi connectivity index (χ0v) is 21.6. The van der Waals surface area contributed by atoms with Crippen molar-refractivity contribution < 1.29 is 9.90 Å². The van der Waals surface area contributed by atoms with Crippen LogP contribution in [0.1, 0.15) is 106 Å². The Bertz CT molecular complexity index is 729. The van der Waals surface area contributed by atoms with Crippen LogP contribution in [0, 0.1) is 46.3 Å². The van der Waals surface area contributed by atoms with E-state index in [0.717, 1.165) is 37.0 Å². The van der Waals surface area contributed by atoms with E-state index < -0.39 is 0 Å². The Morgan fingerprint density at radius 3 is 2.53 bits per heavy atom. The van der Waals surface area contributed by atoms with E-state index in [1.165, 1.54) is 50.5 Å². The van der Waals surface area contributed by atoms with Gasteiger partial charge >= 0.3 is 0 Å². The Kier molecular flexibility index (Phi) is 6.90. The van der Waals surface area contributed by atoms with E-state index in [2.05, 4.69) is 46.0 Å². The lowest BCUT2D eigenvalue weighted by molar-refractivity contribution is -0.122. The summed E-state index contributed by atoms with van der Waals surface area (Å²) >= 11 is 0. The molecule has 1 amide bonds. The fourth-order valence-corrected chi connectivity index (χ4v) is 9.06. The van der Waals surface area contributed by atoms with Gasteiger partial charge < -0.3 is 10.4 Å². The number of amides is 1. The maximum atomic E-state index is 12.2. The molecule has 4 aliphatic carbocycles. The minimum atomic E-state index is -0.208. The lowest BCUT2D eigenvalue weighted by atomic mass is 9.46. The van der Waals surface area contributed by atoms with Gasteiger partial charge in [0.25, 0.3) is 0 Å². The molecule has 9 atom stereocenters. The third-order valence-corrected chi connectivity index (χ3v) is 10.7. The molecule has 32 heavy (non-hydrogen) atoms. The number of aliphatic hydroxyl groups is 1. The van der Waals surface area contributed by atoms with Gasteiger partial charge in [-0.2, -0.15) is 0 Å². The third-order valence-electron chi connectivity index (χ3n) is 10.7. The van der Waals surface area contributed by atoms with E-state index in [9.17, 15) is 9.90 Å². The first kappa shape index (κ1) is 24.3.